The Hall–Kier alpha value is -1.20. The molecule has 17 heavy (non-hydrogen) atoms. The lowest BCUT2D eigenvalue weighted by molar-refractivity contribution is 0.348. The molecule has 0 saturated heterocycles. The predicted molar refractivity (Wildman–Crippen MR) is 69.3 cm³/mol. The maximum Gasteiger partial charge on any atom is 0.243 e. The highest BCUT2D eigenvalue weighted by atomic mass is 79.9. The van der Waals surface area contributed by atoms with E-state index in [0.29, 0.717) is 11.7 Å². The van der Waals surface area contributed by atoms with Crippen LogP contribution in [0.25, 0.3) is 11.4 Å². The minimum atomic E-state index is -0.177. The molecule has 2 N–H and O–H groups in total. The van der Waals surface area contributed by atoms with Crippen molar-refractivity contribution in [3.63, 3.8) is 0 Å². The maximum absolute atomic E-state index is 5.93. The summed E-state index contributed by atoms with van der Waals surface area (Å²) in [5.41, 5.74) is 6.84. The molecule has 2 rings (SSSR count). The summed E-state index contributed by atoms with van der Waals surface area (Å²) >= 11 is 3.46. The van der Waals surface area contributed by atoms with Gasteiger partial charge in [0.25, 0.3) is 0 Å². The van der Waals surface area contributed by atoms with Gasteiger partial charge in [0.15, 0.2) is 0 Å². The molecule has 90 valence electrons. The van der Waals surface area contributed by atoms with E-state index in [1.165, 1.54) is 0 Å². The van der Waals surface area contributed by atoms with Gasteiger partial charge >= 0.3 is 0 Å². The number of hydrogen-bond donors (Lipinski definition) is 1. The summed E-state index contributed by atoms with van der Waals surface area (Å²) < 4.78 is 6.12. The molecule has 1 aromatic heterocycles. The van der Waals surface area contributed by atoms with Crippen molar-refractivity contribution in [3.8, 4) is 11.4 Å². The Labute approximate surface area is 108 Å². The molecule has 1 heterocycles. The van der Waals surface area contributed by atoms with Crippen LogP contribution in [0.5, 0.6) is 0 Å². The molecule has 0 aliphatic rings. The summed E-state index contributed by atoms with van der Waals surface area (Å²) in [4.78, 5) is 4.33. The van der Waals surface area contributed by atoms with Gasteiger partial charge in [0.2, 0.25) is 11.7 Å². The van der Waals surface area contributed by atoms with Gasteiger partial charge in [-0.3, -0.25) is 0 Å². The first-order valence-corrected chi connectivity index (χ1v) is 6.35. The smallest absolute Gasteiger partial charge is 0.243 e. The van der Waals surface area contributed by atoms with Gasteiger partial charge in [-0.1, -0.05) is 46.6 Å². The van der Waals surface area contributed by atoms with Crippen molar-refractivity contribution in [3.05, 3.63) is 34.6 Å². The summed E-state index contributed by atoms with van der Waals surface area (Å²) in [5, 5.41) is 3.95. The lowest BCUT2D eigenvalue weighted by Crippen LogP contribution is -2.09. The Morgan fingerprint density at radius 2 is 2.18 bits per heavy atom. The van der Waals surface area contributed by atoms with Gasteiger partial charge in [0, 0.05) is 10.0 Å². The molecule has 0 amide bonds. The van der Waals surface area contributed by atoms with Crippen molar-refractivity contribution in [1.29, 1.82) is 0 Å². The summed E-state index contributed by atoms with van der Waals surface area (Å²) in [6, 6.07) is 7.57. The highest BCUT2D eigenvalue weighted by Gasteiger charge is 2.15. The van der Waals surface area contributed by atoms with Crippen LogP contribution in [0.1, 0.15) is 31.7 Å². The molecule has 0 aliphatic carbocycles. The molecular formula is C12H14BrN3O. The summed E-state index contributed by atoms with van der Waals surface area (Å²) in [6.07, 6.45) is 1.84. The summed E-state index contributed by atoms with van der Waals surface area (Å²) in [6.45, 7) is 2.07. The van der Waals surface area contributed by atoms with Gasteiger partial charge in [-0.15, -0.1) is 0 Å². The lowest BCUT2D eigenvalue weighted by atomic mass is 10.2. The molecule has 4 nitrogen and oxygen atoms in total. The Morgan fingerprint density at radius 3 is 2.88 bits per heavy atom. The number of nitrogens with zero attached hydrogens (tertiary/aromatic N) is 2. The zero-order valence-corrected chi connectivity index (χ0v) is 11.1. The molecule has 5 heteroatoms. The SMILES string of the molecule is CCC[C@@H](N)c1nc(-c2ccccc2Br)no1. The summed E-state index contributed by atoms with van der Waals surface area (Å²) in [7, 11) is 0. The zero-order chi connectivity index (χ0) is 12.3. The van der Waals surface area contributed by atoms with E-state index >= 15 is 0 Å². The molecule has 1 atom stereocenters. The van der Waals surface area contributed by atoms with Gasteiger partial charge in [-0.05, 0) is 18.6 Å². The molecule has 0 fully saturated rings. The molecule has 0 radical (unpaired) electrons. The van der Waals surface area contributed by atoms with Crippen LogP contribution in [0.3, 0.4) is 0 Å². The van der Waals surface area contributed by atoms with E-state index in [-0.39, 0.29) is 6.04 Å². The molecule has 0 unspecified atom stereocenters. The van der Waals surface area contributed by atoms with E-state index in [1.54, 1.807) is 0 Å². The first-order chi connectivity index (χ1) is 8.22. The average molecular weight is 296 g/mol. The second-order valence-electron chi connectivity index (χ2n) is 3.83. The fourth-order valence-electron chi connectivity index (χ4n) is 1.57. The van der Waals surface area contributed by atoms with E-state index in [0.717, 1.165) is 22.9 Å². The molecule has 0 spiro atoms. The minimum absolute atomic E-state index is 0.177. The maximum atomic E-state index is 5.93. The predicted octanol–water partition coefficient (Wildman–Crippen LogP) is 3.30. The fraction of sp³-hybridized carbons (Fsp3) is 0.333. The molecular weight excluding hydrogens is 282 g/mol. The Morgan fingerprint density at radius 1 is 1.41 bits per heavy atom. The van der Waals surface area contributed by atoms with Crippen molar-refractivity contribution < 1.29 is 4.52 Å². The third kappa shape index (κ3) is 2.73. The van der Waals surface area contributed by atoms with Crippen molar-refractivity contribution >= 4 is 15.9 Å². The Kier molecular flexibility index (Phi) is 3.91. The van der Waals surface area contributed by atoms with E-state index in [2.05, 4.69) is 33.0 Å². The number of aromatic nitrogens is 2. The third-order valence-electron chi connectivity index (χ3n) is 2.47. The Balaban J connectivity index is 2.27. The van der Waals surface area contributed by atoms with Crippen LogP contribution in [0.2, 0.25) is 0 Å². The van der Waals surface area contributed by atoms with Gasteiger partial charge in [0.05, 0.1) is 6.04 Å². The van der Waals surface area contributed by atoms with Crippen LogP contribution < -0.4 is 5.73 Å². The minimum Gasteiger partial charge on any atom is -0.337 e. The molecule has 0 bridgehead atoms. The normalized spacial score (nSPS) is 12.6. The van der Waals surface area contributed by atoms with E-state index in [4.69, 9.17) is 10.3 Å². The molecule has 2 aromatic rings. The molecule has 1 aromatic carbocycles. The van der Waals surface area contributed by atoms with Crippen LogP contribution in [0.15, 0.2) is 33.3 Å². The molecule has 0 aliphatic heterocycles. The van der Waals surface area contributed by atoms with Gasteiger partial charge < -0.3 is 10.3 Å². The van der Waals surface area contributed by atoms with Crippen LogP contribution in [-0.2, 0) is 0 Å². The first-order valence-electron chi connectivity index (χ1n) is 5.56. The fourth-order valence-corrected chi connectivity index (χ4v) is 2.03. The highest BCUT2D eigenvalue weighted by molar-refractivity contribution is 9.10. The van der Waals surface area contributed by atoms with Crippen molar-refractivity contribution in [2.24, 2.45) is 5.73 Å². The van der Waals surface area contributed by atoms with E-state index in [9.17, 15) is 0 Å². The van der Waals surface area contributed by atoms with Crippen molar-refractivity contribution in [1.82, 2.24) is 10.1 Å². The highest BCUT2D eigenvalue weighted by Crippen LogP contribution is 2.26. The standard InChI is InChI=1S/C12H14BrN3O/c1-2-5-10(14)12-15-11(16-17-12)8-6-3-4-7-9(8)13/h3-4,6-7,10H,2,5,14H2,1H3/t10-/m1/s1. The monoisotopic (exact) mass is 295 g/mol. The third-order valence-corrected chi connectivity index (χ3v) is 3.16. The van der Waals surface area contributed by atoms with Crippen LogP contribution in [0.4, 0.5) is 0 Å². The van der Waals surface area contributed by atoms with E-state index in [1.807, 2.05) is 24.3 Å². The zero-order valence-electron chi connectivity index (χ0n) is 9.56. The number of hydrogen-bond acceptors (Lipinski definition) is 4. The number of rotatable bonds is 4. The molecule has 0 saturated carbocycles. The topological polar surface area (TPSA) is 64.9 Å². The second kappa shape index (κ2) is 5.42. The average Bonchev–Trinajstić information content (AvgIpc) is 2.79. The van der Waals surface area contributed by atoms with E-state index < -0.39 is 0 Å². The Bertz CT molecular complexity index is 498. The first kappa shape index (κ1) is 12.3. The van der Waals surface area contributed by atoms with Crippen molar-refractivity contribution in [2.75, 3.05) is 0 Å². The van der Waals surface area contributed by atoms with Crippen LogP contribution >= 0.6 is 15.9 Å². The largest absolute Gasteiger partial charge is 0.337 e. The lowest BCUT2D eigenvalue weighted by Gasteiger charge is -2.02. The number of nitrogens with two attached hydrogens (primary N) is 1. The second-order valence-corrected chi connectivity index (χ2v) is 4.69. The van der Waals surface area contributed by atoms with Crippen molar-refractivity contribution in [2.45, 2.75) is 25.8 Å². The quantitative estimate of drug-likeness (QED) is 0.940. The van der Waals surface area contributed by atoms with Gasteiger partial charge in [0.1, 0.15) is 0 Å². The van der Waals surface area contributed by atoms with Crippen LogP contribution in [-0.4, -0.2) is 10.1 Å². The number of halogens is 1. The van der Waals surface area contributed by atoms with Gasteiger partial charge in [-0.2, -0.15) is 4.98 Å². The van der Waals surface area contributed by atoms with Gasteiger partial charge in [-0.25, -0.2) is 0 Å². The number of benzene rings is 1. The van der Waals surface area contributed by atoms with Crippen LogP contribution in [0, 0.1) is 0 Å². The summed E-state index contributed by atoms with van der Waals surface area (Å²) in [5.74, 6) is 1.07.